The van der Waals surface area contributed by atoms with E-state index in [1.165, 1.54) is 0 Å². The molecule has 2 heterocycles. The molecule has 0 spiro atoms. The van der Waals surface area contributed by atoms with Crippen molar-refractivity contribution in [1.29, 1.82) is 0 Å². The first kappa shape index (κ1) is 20.8. The van der Waals surface area contributed by atoms with E-state index in [1.54, 1.807) is 13.0 Å². The number of nitrogens with zero attached hydrogens (tertiary/aromatic N) is 2. The van der Waals surface area contributed by atoms with Crippen molar-refractivity contribution in [3.63, 3.8) is 0 Å². The number of pyridine rings is 1. The maximum absolute atomic E-state index is 13.5. The summed E-state index contributed by atoms with van der Waals surface area (Å²) < 4.78 is 7.37. The Morgan fingerprint density at radius 1 is 1.16 bits per heavy atom. The van der Waals surface area contributed by atoms with Crippen molar-refractivity contribution in [2.45, 2.75) is 38.6 Å². The number of halogens is 1. The SMILES string of the molecule is Cc1noc2c1c(=O)n([C@H]1CCC[C@@H](CNC(=O)c3ccccc3)C1)c1cccc(Cl)c21. The summed E-state index contributed by atoms with van der Waals surface area (Å²) in [6.07, 6.45) is 3.73. The Kier molecular flexibility index (Phi) is 5.47. The molecular formula is C25H24ClN3O3. The molecule has 0 aliphatic heterocycles. The first-order valence-electron chi connectivity index (χ1n) is 11.0. The number of nitrogens with one attached hydrogen (secondary N) is 1. The van der Waals surface area contributed by atoms with Crippen LogP contribution in [0.25, 0.3) is 21.9 Å². The van der Waals surface area contributed by atoms with Gasteiger partial charge in [0.25, 0.3) is 11.5 Å². The van der Waals surface area contributed by atoms with Gasteiger partial charge in [-0.25, -0.2) is 0 Å². The Hall–Kier alpha value is -3.12. The van der Waals surface area contributed by atoms with E-state index in [2.05, 4.69) is 10.5 Å². The van der Waals surface area contributed by atoms with Crippen LogP contribution in [0.5, 0.6) is 0 Å². The highest BCUT2D eigenvalue weighted by molar-refractivity contribution is 6.37. The molecule has 0 radical (unpaired) electrons. The van der Waals surface area contributed by atoms with Gasteiger partial charge >= 0.3 is 0 Å². The van der Waals surface area contributed by atoms with E-state index in [4.69, 9.17) is 16.1 Å². The minimum atomic E-state index is -0.0903. The number of hydrogen-bond donors (Lipinski definition) is 1. The lowest BCUT2D eigenvalue weighted by atomic mass is 9.85. The summed E-state index contributed by atoms with van der Waals surface area (Å²) in [5, 5.41) is 8.85. The van der Waals surface area contributed by atoms with Crippen molar-refractivity contribution in [1.82, 2.24) is 15.0 Å². The molecule has 2 atom stereocenters. The van der Waals surface area contributed by atoms with Crippen LogP contribution < -0.4 is 10.9 Å². The van der Waals surface area contributed by atoms with Crippen molar-refractivity contribution in [2.75, 3.05) is 6.54 Å². The number of aryl methyl sites for hydroxylation is 1. The average molecular weight is 450 g/mol. The summed E-state index contributed by atoms with van der Waals surface area (Å²) in [5.74, 6) is 0.227. The van der Waals surface area contributed by atoms with Crippen LogP contribution >= 0.6 is 11.6 Å². The topological polar surface area (TPSA) is 77.1 Å². The fourth-order valence-electron chi connectivity index (χ4n) is 4.93. The number of carbonyl (C=O) groups is 1. The highest BCUT2D eigenvalue weighted by Crippen LogP contribution is 2.37. The van der Waals surface area contributed by atoms with Gasteiger partial charge in [0.1, 0.15) is 5.39 Å². The molecule has 1 amide bonds. The summed E-state index contributed by atoms with van der Waals surface area (Å²) in [4.78, 5) is 26.0. The summed E-state index contributed by atoms with van der Waals surface area (Å²) in [7, 11) is 0. The van der Waals surface area contributed by atoms with Crippen LogP contribution in [0.4, 0.5) is 0 Å². The number of carbonyl (C=O) groups excluding carboxylic acids is 1. The number of rotatable bonds is 4. The molecular weight excluding hydrogens is 426 g/mol. The van der Waals surface area contributed by atoms with Gasteiger partial charge in [0.15, 0.2) is 5.58 Å². The lowest BCUT2D eigenvalue weighted by Crippen LogP contribution is -2.34. The number of amides is 1. The van der Waals surface area contributed by atoms with Crippen molar-refractivity contribution in [3.05, 3.63) is 75.2 Å². The average Bonchev–Trinajstić information content (AvgIpc) is 3.20. The van der Waals surface area contributed by atoms with Gasteiger partial charge in [0.05, 0.1) is 21.6 Å². The first-order valence-corrected chi connectivity index (χ1v) is 11.3. The Morgan fingerprint density at radius 3 is 2.78 bits per heavy atom. The van der Waals surface area contributed by atoms with Crippen molar-refractivity contribution in [3.8, 4) is 0 Å². The zero-order valence-corrected chi connectivity index (χ0v) is 18.6. The maximum Gasteiger partial charge on any atom is 0.264 e. The first-order chi connectivity index (χ1) is 15.5. The number of fused-ring (bicyclic) bond motifs is 3. The highest BCUT2D eigenvalue weighted by atomic mass is 35.5. The summed E-state index contributed by atoms with van der Waals surface area (Å²) >= 11 is 6.53. The van der Waals surface area contributed by atoms with E-state index >= 15 is 0 Å². The zero-order valence-electron chi connectivity index (χ0n) is 17.8. The Morgan fingerprint density at radius 2 is 1.97 bits per heavy atom. The molecule has 164 valence electrons. The largest absolute Gasteiger partial charge is 0.355 e. The third-order valence-corrected chi connectivity index (χ3v) is 6.80. The Bertz CT molecular complexity index is 1360. The van der Waals surface area contributed by atoms with Gasteiger partial charge < -0.3 is 14.4 Å². The van der Waals surface area contributed by atoms with Gasteiger partial charge in [-0.3, -0.25) is 9.59 Å². The minimum Gasteiger partial charge on any atom is -0.355 e. The van der Waals surface area contributed by atoms with Crippen LogP contribution in [0.3, 0.4) is 0 Å². The molecule has 2 aromatic heterocycles. The number of aromatic nitrogens is 2. The van der Waals surface area contributed by atoms with Gasteiger partial charge in [0, 0.05) is 18.2 Å². The predicted molar refractivity (Wildman–Crippen MR) is 125 cm³/mol. The fraction of sp³-hybridized carbons (Fsp3) is 0.320. The molecule has 2 aromatic carbocycles. The highest BCUT2D eigenvalue weighted by Gasteiger charge is 2.28. The normalized spacial score (nSPS) is 18.8. The van der Waals surface area contributed by atoms with Crippen molar-refractivity contribution < 1.29 is 9.32 Å². The summed E-state index contributed by atoms with van der Waals surface area (Å²) in [6.45, 7) is 2.37. The zero-order chi connectivity index (χ0) is 22.2. The molecule has 1 aliphatic carbocycles. The van der Waals surface area contributed by atoms with E-state index in [-0.39, 0.29) is 17.5 Å². The number of hydrogen-bond acceptors (Lipinski definition) is 4. The minimum absolute atomic E-state index is 0.0227. The van der Waals surface area contributed by atoms with Crippen LogP contribution in [-0.2, 0) is 0 Å². The smallest absolute Gasteiger partial charge is 0.264 e. The molecule has 7 heteroatoms. The van der Waals surface area contributed by atoms with Gasteiger partial charge in [-0.15, -0.1) is 0 Å². The lowest BCUT2D eigenvalue weighted by Gasteiger charge is -2.31. The van der Waals surface area contributed by atoms with Crippen molar-refractivity contribution >= 4 is 39.4 Å². The van der Waals surface area contributed by atoms with Gasteiger partial charge in [-0.1, -0.05) is 47.4 Å². The van der Waals surface area contributed by atoms with Crippen LogP contribution in [0.15, 0.2) is 57.8 Å². The standard InChI is InChI=1S/C25H24ClN3O3/c1-15-21-23(32-28-15)22-19(26)11-6-12-20(22)29(25(21)31)18-10-5-7-16(13-18)14-27-24(30)17-8-3-2-4-9-17/h2-4,6,8-9,11-12,16,18H,5,7,10,13-14H2,1H3,(H,27,30)/t16-,18+/m1/s1. The van der Waals surface area contributed by atoms with Gasteiger partial charge in [0.2, 0.25) is 0 Å². The second kappa shape index (κ2) is 8.43. The van der Waals surface area contributed by atoms with E-state index < -0.39 is 0 Å². The quantitative estimate of drug-likeness (QED) is 0.460. The third-order valence-electron chi connectivity index (χ3n) is 6.48. The molecule has 1 aliphatic rings. The lowest BCUT2D eigenvalue weighted by molar-refractivity contribution is 0.0940. The molecule has 6 nitrogen and oxygen atoms in total. The van der Waals surface area contributed by atoms with Crippen molar-refractivity contribution in [2.24, 2.45) is 5.92 Å². The van der Waals surface area contributed by atoms with E-state index in [0.29, 0.717) is 39.7 Å². The molecule has 32 heavy (non-hydrogen) atoms. The Balaban J connectivity index is 1.46. The number of benzene rings is 2. The maximum atomic E-state index is 13.5. The van der Waals surface area contributed by atoms with E-state index in [1.807, 2.05) is 47.0 Å². The van der Waals surface area contributed by atoms with Gasteiger partial charge in [-0.2, -0.15) is 0 Å². The molecule has 0 unspecified atom stereocenters. The Labute approximate surface area is 190 Å². The van der Waals surface area contributed by atoms with Crippen LogP contribution in [0.2, 0.25) is 5.02 Å². The van der Waals surface area contributed by atoms with E-state index in [9.17, 15) is 9.59 Å². The molecule has 0 bridgehead atoms. The summed E-state index contributed by atoms with van der Waals surface area (Å²) in [6, 6.07) is 14.8. The molecule has 1 fully saturated rings. The fourth-order valence-corrected chi connectivity index (χ4v) is 5.19. The molecule has 5 rings (SSSR count). The van der Waals surface area contributed by atoms with Crippen LogP contribution in [0, 0.1) is 12.8 Å². The molecule has 1 N–H and O–H groups in total. The summed E-state index contributed by atoms with van der Waals surface area (Å²) in [5.41, 5.74) is 2.36. The van der Waals surface area contributed by atoms with Gasteiger partial charge in [-0.05, 0) is 56.4 Å². The predicted octanol–water partition coefficient (Wildman–Crippen LogP) is 5.27. The van der Waals surface area contributed by atoms with E-state index in [0.717, 1.165) is 36.6 Å². The molecule has 4 aromatic rings. The van der Waals surface area contributed by atoms with Crippen LogP contribution in [0.1, 0.15) is 47.8 Å². The van der Waals surface area contributed by atoms with Crippen LogP contribution in [-0.4, -0.2) is 22.2 Å². The monoisotopic (exact) mass is 449 g/mol. The third kappa shape index (κ3) is 3.58. The molecule has 1 saturated carbocycles. The second-order valence-electron chi connectivity index (χ2n) is 8.54. The second-order valence-corrected chi connectivity index (χ2v) is 8.95. The molecule has 0 saturated heterocycles.